The van der Waals surface area contributed by atoms with Crippen molar-refractivity contribution in [2.75, 3.05) is 5.73 Å². The molecule has 0 aliphatic heterocycles. The molecule has 3 nitrogen and oxygen atoms in total. The number of rotatable bonds is 1. The number of aldehydes is 1. The van der Waals surface area contributed by atoms with Crippen LogP contribution in [0.4, 0.5) is 5.82 Å². The van der Waals surface area contributed by atoms with Gasteiger partial charge in [0.2, 0.25) is 0 Å². The lowest BCUT2D eigenvalue weighted by Crippen LogP contribution is -1.94. The quantitative estimate of drug-likeness (QED) is 0.597. The fourth-order valence-corrected chi connectivity index (χ4v) is 1.49. The van der Waals surface area contributed by atoms with Crippen molar-refractivity contribution in [3.63, 3.8) is 0 Å². The van der Waals surface area contributed by atoms with Crippen LogP contribution in [-0.4, -0.2) is 11.3 Å². The number of nitrogens with two attached hydrogens (primary N) is 1. The van der Waals surface area contributed by atoms with E-state index in [1.165, 1.54) is 6.07 Å². The summed E-state index contributed by atoms with van der Waals surface area (Å²) in [6.45, 7) is 0. The number of nitrogens with zero attached hydrogens (tertiary/aromatic N) is 1. The highest BCUT2D eigenvalue weighted by Gasteiger charge is 2.05. The van der Waals surface area contributed by atoms with Crippen LogP contribution in [0.1, 0.15) is 10.4 Å². The lowest BCUT2D eigenvalue weighted by molar-refractivity contribution is 0.112. The van der Waals surface area contributed by atoms with Gasteiger partial charge in [-0.1, -0.05) is 11.6 Å². The molecule has 0 spiro atoms. The SMILES string of the molecule is Nc1cc(Br)c(C=O)c(Cl)n1. The van der Waals surface area contributed by atoms with E-state index in [9.17, 15) is 4.79 Å². The van der Waals surface area contributed by atoms with E-state index < -0.39 is 0 Å². The minimum atomic E-state index is 0.117. The normalized spacial score (nSPS) is 9.64. The second kappa shape index (κ2) is 3.19. The van der Waals surface area contributed by atoms with Crippen molar-refractivity contribution in [1.29, 1.82) is 0 Å². The fraction of sp³-hybridized carbons (Fsp3) is 0. The Balaban J connectivity index is 3.36. The van der Waals surface area contributed by atoms with Crippen LogP contribution in [0, 0.1) is 0 Å². The zero-order chi connectivity index (χ0) is 8.43. The number of anilines is 1. The van der Waals surface area contributed by atoms with Crippen LogP contribution >= 0.6 is 27.5 Å². The Morgan fingerprint density at radius 2 is 2.36 bits per heavy atom. The van der Waals surface area contributed by atoms with E-state index in [0.717, 1.165) is 0 Å². The molecule has 1 rings (SSSR count). The van der Waals surface area contributed by atoms with E-state index in [-0.39, 0.29) is 11.0 Å². The highest BCUT2D eigenvalue weighted by atomic mass is 79.9. The van der Waals surface area contributed by atoms with Gasteiger partial charge in [0, 0.05) is 4.47 Å². The fourth-order valence-electron chi connectivity index (χ4n) is 0.617. The third-order valence-corrected chi connectivity index (χ3v) is 2.04. The van der Waals surface area contributed by atoms with Gasteiger partial charge in [-0.3, -0.25) is 4.79 Å². The van der Waals surface area contributed by atoms with Gasteiger partial charge in [0.1, 0.15) is 11.0 Å². The molecule has 1 aromatic rings. The Bertz CT molecular complexity index is 280. The first-order valence-corrected chi connectivity index (χ1v) is 3.89. The molecule has 58 valence electrons. The Morgan fingerprint density at radius 1 is 1.73 bits per heavy atom. The number of nitrogen functional groups attached to an aromatic ring is 1. The van der Waals surface area contributed by atoms with Gasteiger partial charge in [-0.25, -0.2) is 4.98 Å². The molecule has 1 heterocycles. The lowest BCUT2D eigenvalue weighted by Gasteiger charge is -1.99. The molecule has 0 saturated heterocycles. The summed E-state index contributed by atoms with van der Waals surface area (Å²) < 4.78 is 0.560. The maximum absolute atomic E-state index is 10.4. The van der Waals surface area contributed by atoms with Crippen molar-refractivity contribution in [2.45, 2.75) is 0 Å². The standard InChI is InChI=1S/C6H4BrClN2O/c7-4-1-5(9)10-6(8)3(4)2-11/h1-2H,(H2,9,10). The summed E-state index contributed by atoms with van der Waals surface area (Å²) in [6.07, 6.45) is 0.624. The average molecular weight is 235 g/mol. The van der Waals surface area contributed by atoms with E-state index in [1.807, 2.05) is 0 Å². The predicted octanol–water partition coefficient (Wildman–Crippen LogP) is 1.89. The van der Waals surface area contributed by atoms with E-state index in [1.54, 1.807) is 0 Å². The number of aromatic nitrogens is 1. The van der Waals surface area contributed by atoms with Crippen molar-refractivity contribution in [2.24, 2.45) is 0 Å². The molecule has 5 heteroatoms. The van der Waals surface area contributed by atoms with Gasteiger partial charge in [-0.15, -0.1) is 0 Å². The minimum absolute atomic E-state index is 0.117. The number of hydrogen-bond acceptors (Lipinski definition) is 3. The van der Waals surface area contributed by atoms with Crippen molar-refractivity contribution < 1.29 is 4.79 Å². The smallest absolute Gasteiger partial charge is 0.154 e. The number of carbonyl (C=O) groups excluding carboxylic acids is 1. The number of pyridine rings is 1. The Kier molecular flexibility index (Phi) is 2.46. The van der Waals surface area contributed by atoms with Gasteiger partial charge in [-0.2, -0.15) is 0 Å². The first-order chi connectivity index (χ1) is 5.15. The molecule has 0 saturated carbocycles. The monoisotopic (exact) mass is 234 g/mol. The summed E-state index contributed by atoms with van der Waals surface area (Å²) in [5.41, 5.74) is 5.66. The Labute approximate surface area is 76.7 Å². The summed E-state index contributed by atoms with van der Waals surface area (Å²) in [7, 11) is 0. The molecule has 0 aromatic carbocycles. The van der Waals surface area contributed by atoms with Crippen LogP contribution in [-0.2, 0) is 0 Å². The third kappa shape index (κ3) is 1.70. The van der Waals surface area contributed by atoms with Gasteiger partial charge in [0.15, 0.2) is 6.29 Å². The van der Waals surface area contributed by atoms with Gasteiger partial charge >= 0.3 is 0 Å². The van der Waals surface area contributed by atoms with Crippen LogP contribution in [0.2, 0.25) is 5.15 Å². The summed E-state index contributed by atoms with van der Waals surface area (Å²) in [6, 6.07) is 1.52. The zero-order valence-corrected chi connectivity index (χ0v) is 7.69. The largest absolute Gasteiger partial charge is 0.384 e. The molecule has 0 aliphatic carbocycles. The minimum Gasteiger partial charge on any atom is -0.384 e. The Hall–Kier alpha value is -0.610. The molecule has 2 N–H and O–H groups in total. The molecule has 0 aliphatic rings. The van der Waals surface area contributed by atoms with Crippen LogP contribution in [0.15, 0.2) is 10.5 Å². The molecular weight excluding hydrogens is 231 g/mol. The molecular formula is C6H4BrClN2O. The zero-order valence-electron chi connectivity index (χ0n) is 5.34. The van der Waals surface area contributed by atoms with E-state index >= 15 is 0 Å². The number of carbonyl (C=O) groups is 1. The van der Waals surface area contributed by atoms with E-state index in [0.29, 0.717) is 16.3 Å². The maximum atomic E-state index is 10.4. The van der Waals surface area contributed by atoms with Crippen molar-refractivity contribution in [1.82, 2.24) is 4.98 Å². The van der Waals surface area contributed by atoms with Crippen LogP contribution in [0.5, 0.6) is 0 Å². The topological polar surface area (TPSA) is 56.0 Å². The highest BCUT2D eigenvalue weighted by molar-refractivity contribution is 9.10. The summed E-state index contributed by atoms with van der Waals surface area (Å²) in [5.74, 6) is 0.285. The first-order valence-electron chi connectivity index (χ1n) is 2.72. The third-order valence-electron chi connectivity index (χ3n) is 1.10. The van der Waals surface area contributed by atoms with E-state index in [2.05, 4.69) is 20.9 Å². The first kappa shape index (κ1) is 8.49. The summed E-state index contributed by atoms with van der Waals surface area (Å²) in [5, 5.41) is 0.117. The average Bonchev–Trinajstić information content (AvgIpc) is 1.85. The second-order valence-electron chi connectivity index (χ2n) is 1.85. The molecule has 0 radical (unpaired) electrons. The van der Waals surface area contributed by atoms with Gasteiger partial charge in [-0.05, 0) is 22.0 Å². The number of halogens is 2. The van der Waals surface area contributed by atoms with Crippen molar-refractivity contribution >= 4 is 39.6 Å². The molecule has 0 bridgehead atoms. The Morgan fingerprint density at radius 3 is 2.82 bits per heavy atom. The van der Waals surface area contributed by atoms with Gasteiger partial charge < -0.3 is 5.73 Å². The van der Waals surface area contributed by atoms with Crippen molar-refractivity contribution in [3.8, 4) is 0 Å². The molecule has 1 aromatic heterocycles. The van der Waals surface area contributed by atoms with Crippen LogP contribution in [0.25, 0.3) is 0 Å². The second-order valence-corrected chi connectivity index (χ2v) is 3.06. The van der Waals surface area contributed by atoms with Crippen molar-refractivity contribution in [3.05, 3.63) is 21.3 Å². The molecule has 0 unspecified atom stereocenters. The molecule has 11 heavy (non-hydrogen) atoms. The number of hydrogen-bond donors (Lipinski definition) is 1. The van der Waals surface area contributed by atoms with Gasteiger partial charge in [0.25, 0.3) is 0 Å². The van der Waals surface area contributed by atoms with Gasteiger partial charge in [0.05, 0.1) is 5.56 Å². The lowest BCUT2D eigenvalue weighted by atomic mass is 10.3. The molecule has 0 atom stereocenters. The summed E-state index contributed by atoms with van der Waals surface area (Å²) in [4.78, 5) is 14.1. The van der Waals surface area contributed by atoms with Crippen LogP contribution in [0.3, 0.4) is 0 Å². The molecule has 0 amide bonds. The van der Waals surface area contributed by atoms with E-state index in [4.69, 9.17) is 17.3 Å². The highest BCUT2D eigenvalue weighted by Crippen LogP contribution is 2.23. The summed E-state index contributed by atoms with van der Waals surface area (Å²) >= 11 is 8.70. The maximum Gasteiger partial charge on any atom is 0.154 e. The molecule has 0 fully saturated rings. The predicted molar refractivity (Wildman–Crippen MR) is 46.7 cm³/mol. The van der Waals surface area contributed by atoms with Crippen LogP contribution < -0.4 is 5.73 Å².